The zero-order valence-electron chi connectivity index (χ0n) is 7.09. The smallest absolute Gasteiger partial charge is 0.234 e. The van der Waals surface area contributed by atoms with Crippen LogP contribution in [0.2, 0.25) is 0 Å². The molecule has 4 nitrogen and oxygen atoms in total. The Morgan fingerprint density at radius 1 is 1.42 bits per heavy atom. The number of hydrogen-bond acceptors (Lipinski definition) is 3. The summed E-state index contributed by atoms with van der Waals surface area (Å²) in [6.45, 7) is 0. The molecule has 72 valence electrons. The minimum Gasteiger partial charge on any atom is -0.370 e. The molecular formula is C6H13ClN2O2S. The van der Waals surface area contributed by atoms with Gasteiger partial charge in [-0.1, -0.05) is 0 Å². The molecule has 6 heteroatoms. The lowest BCUT2D eigenvalue weighted by atomic mass is 10.3. The molecule has 0 aliphatic carbocycles. The number of carbonyl (C=O) groups excluding carboxylic acids is 2. The number of thioether (sulfide) groups is 1. The van der Waals surface area contributed by atoms with Crippen molar-refractivity contribution >= 4 is 35.4 Å². The zero-order valence-corrected chi connectivity index (χ0v) is 8.67. The van der Waals surface area contributed by atoms with Crippen LogP contribution in [-0.4, -0.2) is 24.3 Å². The van der Waals surface area contributed by atoms with Gasteiger partial charge < -0.3 is 5.73 Å². The Bertz CT molecular complexity index is 144. The lowest BCUT2D eigenvalue weighted by Crippen LogP contribution is -2.17. The van der Waals surface area contributed by atoms with E-state index in [0.717, 1.165) is 0 Å². The van der Waals surface area contributed by atoms with E-state index in [1.165, 1.54) is 0 Å². The van der Waals surface area contributed by atoms with E-state index in [-0.39, 0.29) is 12.8 Å². The largest absolute Gasteiger partial charge is 0.370 e. The van der Waals surface area contributed by atoms with Crippen LogP contribution in [0.5, 0.6) is 0 Å². The van der Waals surface area contributed by atoms with Crippen LogP contribution in [0.1, 0.15) is 12.8 Å². The molecule has 0 radical (unpaired) electrons. The third-order valence-electron chi connectivity index (χ3n) is 0.704. The summed E-state index contributed by atoms with van der Waals surface area (Å²) in [5.41, 5.74) is 4.73. The molecule has 0 rings (SSSR count). The first kappa shape index (κ1) is 14.1. The Balaban J connectivity index is 0. The summed E-state index contributed by atoms with van der Waals surface area (Å²) in [5.74, 6) is -0.897. The Morgan fingerprint density at radius 2 is 1.83 bits per heavy atom. The molecule has 2 amide bonds. The highest BCUT2D eigenvalue weighted by Gasteiger charge is 2.00. The maximum Gasteiger partial charge on any atom is 0.234 e. The number of amides is 2. The number of halogens is 1. The van der Waals surface area contributed by atoms with Gasteiger partial charge in [0.25, 0.3) is 0 Å². The van der Waals surface area contributed by atoms with Crippen molar-refractivity contribution in [2.75, 3.05) is 12.5 Å². The first-order valence-corrected chi connectivity index (χ1v) is 5.17. The summed E-state index contributed by atoms with van der Waals surface area (Å²) in [4.78, 5) is 22.1. The fourth-order valence-corrected chi connectivity index (χ4v) is 0.378. The lowest BCUT2D eigenvalue weighted by Gasteiger charge is -1.91. The van der Waals surface area contributed by atoms with Gasteiger partial charge in [-0.05, 0) is 12.5 Å². The van der Waals surface area contributed by atoms with Gasteiger partial charge in [0.2, 0.25) is 11.8 Å². The van der Waals surface area contributed by atoms with E-state index in [9.17, 15) is 9.59 Å². The van der Waals surface area contributed by atoms with Crippen LogP contribution in [0.25, 0.3) is 0 Å². The van der Waals surface area contributed by atoms with E-state index in [2.05, 4.69) is 0 Å². The Kier molecular flexibility index (Phi) is 12.5. The van der Waals surface area contributed by atoms with E-state index >= 15 is 0 Å². The molecule has 0 saturated heterocycles. The van der Waals surface area contributed by atoms with Crippen LogP contribution in [0.15, 0.2) is 0 Å². The van der Waals surface area contributed by atoms with Gasteiger partial charge in [-0.15, -0.1) is 0 Å². The molecule has 0 aromatic carbocycles. The molecule has 0 heterocycles. The maximum absolute atomic E-state index is 10.3. The second-order valence-electron chi connectivity index (χ2n) is 1.89. The SMILES string of the molecule is CSC.NC(=O)CCC(=O)NCl. The third-order valence-corrected chi connectivity index (χ3v) is 0.915. The van der Waals surface area contributed by atoms with Gasteiger partial charge >= 0.3 is 0 Å². The average Bonchev–Trinajstić information content (AvgIpc) is 2.01. The molecule has 0 spiro atoms. The fourth-order valence-electron chi connectivity index (χ4n) is 0.284. The second-order valence-corrected chi connectivity index (χ2v) is 2.90. The fraction of sp³-hybridized carbons (Fsp3) is 0.667. The van der Waals surface area contributed by atoms with Crippen LogP contribution in [-0.2, 0) is 9.59 Å². The lowest BCUT2D eigenvalue weighted by molar-refractivity contribution is -0.123. The van der Waals surface area contributed by atoms with Crippen molar-refractivity contribution in [2.24, 2.45) is 5.73 Å². The minimum absolute atomic E-state index is 0.0402. The standard InChI is InChI=1S/C4H7ClN2O2.C2H6S/c5-7-4(9)2-1-3(6)8;1-3-2/h1-2H2,(H2,6,8)(H,7,9);1-2H3. The molecule has 3 N–H and O–H groups in total. The molecule has 0 aliphatic rings. The quantitative estimate of drug-likeness (QED) is 0.670. The predicted molar refractivity (Wildman–Crippen MR) is 51.9 cm³/mol. The Hall–Kier alpha value is -0.420. The van der Waals surface area contributed by atoms with E-state index in [1.807, 2.05) is 17.3 Å². The molecule has 0 saturated carbocycles. The number of nitrogens with two attached hydrogens (primary N) is 1. The number of hydrogen-bond donors (Lipinski definition) is 2. The van der Waals surface area contributed by atoms with E-state index in [4.69, 9.17) is 17.5 Å². The van der Waals surface area contributed by atoms with Crippen molar-refractivity contribution in [1.82, 2.24) is 4.84 Å². The van der Waals surface area contributed by atoms with Gasteiger partial charge in [0, 0.05) is 24.6 Å². The summed E-state index contributed by atoms with van der Waals surface area (Å²) in [5, 5.41) is 0. The monoisotopic (exact) mass is 212 g/mol. The van der Waals surface area contributed by atoms with Gasteiger partial charge in [0.15, 0.2) is 0 Å². The van der Waals surface area contributed by atoms with Gasteiger partial charge in [-0.2, -0.15) is 11.8 Å². The molecule has 0 atom stereocenters. The van der Waals surface area contributed by atoms with Crippen molar-refractivity contribution in [2.45, 2.75) is 12.8 Å². The highest BCUT2D eigenvalue weighted by molar-refractivity contribution is 7.97. The maximum atomic E-state index is 10.3. The van der Waals surface area contributed by atoms with Crippen LogP contribution in [0.4, 0.5) is 0 Å². The van der Waals surface area contributed by atoms with Gasteiger partial charge in [0.05, 0.1) is 0 Å². The molecule has 0 fully saturated rings. The topological polar surface area (TPSA) is 72.2 Å². The van der Waals surface area contributed by atoms with E-state index < -0.39 is 11.8 Å². The molecule has 0 aromatic rings. The van der Waals surface area contributed by atoms with Crippen molar-refractivity contribution in [3.8, 4) is 0 Å². The number of nitrogens with one attached hydrogen (secondary N) is 1. The Labute approximate surface area is 81.3 Å². The first-order valence-electron chi connectivity index (χ1n) is 3.16. The summed E-state index contributed by atoms with van der Waals surface area (Å²) >= 11 is 6.63. The normalized spacial score (nSPS) is 7.92. The highest BCUT2D eigenvalue weighted by atomic mass is 35.5. The average molecular weight is 213 g/mol. The van der Waals surface area contributed by atoms with Gasteiger partial charge in [-0.25, -0.2) is 0 Å². The highest BCUT2D eigenvalue weighted by Crippen LogP contribution is 1.86. The predicted octanol–water partition coefficient (Wildman–Crippen LogP) is 0.501. The van der Waals surface area contributed by atoms with Crippen LogP contribution in [0, 0.1) is 0 Å². The van der Waals surface area contributed by atoms with E-state index in [1.54, 1.807) is 11.8 Å². The summed E-state index contributed by atoms with van der Waals surface area (Å²) in [6, 6.07) is 0. The van der Waals surface area contributed by atoms with E-state index in [0.29, 0.717) is 0 Å². The van der Waals surface area contributed by atoms with Gasteiger partial charge in [0.1, 0.15) is 0 Å². The Morgan fingerprint density at radius 3 is 2.08 bits per heavy atom. The van der Waals surface area contributed by atoms with Crippen molar-refractivity contribution in [1.29, 1.82) is 0 Å². The van der Waals surface area contributed by atoms with Crippen LogP contribution >= 0.6 is 23.5 Å². The van der Waals surface area contributed by atoms with Gasteiger partial charge in [-0.3, -0.25) is 14.4 Å². The van der Waals surface area contributed by atoms with Crippen LogP contribution < -0.4 is 10.6 Å². The summed E-state index contributed by atoms with van der Waals surface area (Å²) in [7, 11) is 0. The molecular weight excluding hydrogens is 200 g/mol. The minimum atomic E-state index is -0.504. The first-order chi connectivity index (χ1) is 5.58. The number of primary amides is 1. The van der Waals surface area contributed by atoms with Crippen LogP contribution in [0.3, 0.4) is 0 Å². The molecule has 0 unspecified atom stereocenters. The third kappa shape index (κ3) is 16.3. The molecule has 12 heavy (non-hydrogen) atoms. The molecule has 0 aliphatic heterocycles. The molecule has 0 bridgehead atoms. The summed E-state index contributed by atoms with van der Waals surface area (Å²) in [6.07, 6.45) is 4.18. The number of rotatable bonds is 3. The summed E-state index contributed by atoms with van der Waals surface area (Å²) < 4.78 is 0. The molecule has 0 aromatic heterocycles. The van der Waals surface area contributed by atoms with Crippen molar-refractivity contribution in [3.05, 3.63) is 0 Å². The number of carbonyl (C=O) groups is 2. The van der Waals surface area contributed by atoms with Crippen molar-refractivity contribution < 1.29 is 9.59 Å². The second kappa shape index (κ2) is 10.6. The van der Waals surface area contributed by atoms with Crippen molar-refractivity contribution in [3.63, 3.8) is 0 Å². The zero-order chi connectivity index (χ0) is 9.98.